The highest BCUT2D eigenvalue weighted by atomic mass is 79.9. The molecule has 3 heteroatoms. The van der Waals surface area contributed by atoms with Gasteiger partial charge in [0.2, 0.25) is 0 Å². The minimum Gasteiger partial charge on any atom is -0.149 e. The van der Waals surface area contributed by atoms with E-state index in [0.717, 1.165) is 0 Å². The van der Waals surface area contributed by atoms with E-state index in [1.165, 1.54) is 9.35 Å². The minimum atomic E-state index is -1.06. The van der Waals surface area contributed by atoms with E-state index in [1.807, 2.05) is 11.3 Å². The topological polar surface area (TPSA) is 0 Å². The lowest BCUT2D eigenvalue weighted by Gasteiger charge is -2.11. The molecule has 0 spiro atoms. The van der Waals surface area contributed by atoms with E-state index < -0.39 is 8.07 Å². The van der Waals surface area contributed by atoms with Crippen LogP contribution >= 0.6 is 27.3 Å². The van der Waals surface area contributed by atoms with Crippen LogP contribution in [0.15, 0.2) is 10.5 Å². The number of thiophene rings is 1. The smallest absolute Gasteiger partial charge is 0.0904 e. The third-order valence-electron chi connectivity index (χ3n) is 1.60. The van der Waals surface area contributed by atoms with Crippen molar-refractivity contribution in [2.75, 3.05) is 0 Å². The van der Waals surface area contributed by atoms with Crippen LogP contribution in [0.2, 0.25) is 19.6 Å². The van der Waals surface area contributed by atoms with Crippen LogP contribution in [0.1, 0.15) is 4.88 Å². The number of halogens is 1. The van der Waals surface area contributed by atoms with Crippen molar-refractivity contribution in [2.24, 2.45) is 0 Å². The molecular weight excluding hydrogens is 236 g/mol. The highest BCUT2D eigenvalue weighted by molar-refractivity contribution is 9.10. The van der Waals surface area contributed by atoms with Gasteiger partial charge in [0, 0.05) is 9.35 Å². The third-order valence-corrected chi connectivity index (χ3v) is 7.31. The summed E-state index contributed by atoms with van der Waals surface area (Å²) in [6, 6.07) is 2.28. The van der Waals surface area contributed by atoms with Gasteiger partial charge in [-0.2, -0.15) is 0 Å². The van der Waals surface area contributed by atoms with E-state index in [1.54, 1.807) is 4.50 Å². The molecule has 0 atom stereocenters. The number of aryl methyl sites for hydroxylation is 1. The van der Waals surface area contributed by atoms with Crippen molar-refractivity contribution in [3.8, 4) is 0 Å². The summed E-state index contributed by atoms with van der Waals surface area (Å²) in [7, 11) is -1.06. The molecule has 0 saturated heterocycles. The van der Waals surface area contributed by atoms with Crippen molar-refractivity contribution in [3.63, 3.8) is 0 Å². The predicted octanol–water partition coefficient (Wildman–Crippen LogP) is 3.36. The fourth-order valence-electron chi connectivity index (χ4n) is 0.829. The van der Waals surface area contributed by atoms with Crippen molar-refractivity contribution in [1.29, 1.82) is 0 Å². The first-order chi connectivity index (χ1) is 4.91. The molecule has 0 amide bonds. The van der Waals surface area contributed by atoms with E-state index in [2.05, 4.69) is 48.6 Å². The van der Waals surface area contributed by atoms with Gasteiger partial charge in [0.15, 0.2) is 0 Å². The van der Waals surface area contributed by atoms with Gasteiger partial charge in [-0.1, -0.05) is 19.6 Å². The summed E-state index contributed by atoms with van der Waals surface area (Å²) in [4.78, 5) is 1.41. The normalized spacial score (nSPS) is 12.1. The lowest BCUT2D eigenvalue weighted by atomic mass is 10.5. The zero-order chi connectivity index (χ0) is 8.65. The molecule has 1 aromatic rings. The summed E-state index contributed by atoms with van der Waals surface area (Å²) >= 11 is 5.48. The Hall–Kier alpha value is 0.397. The van der Waals surface area contributed by atoms with Gasteiger partial charge in [-0.25, -0.2) is 0 Å². The van der Waals surface area contributed by atoms with Crippen LogP contribution < -0.4 is 4.50 Å². The fourth-order valence-corrected chi connectivity index (χ4v) is 4.59. The summed E-state index contributed by atoms with van der Waals surface area (Å²) in [6.07, 6.45) is 0. The standard InChI is InChI=1S/C8H13BrSSi/c1-6-7(9)5-8(10-6)11(2,3)4/h5H,1-4H3. The molecule has 62 valence electrons. The van der Waals surface area contributed by atoms with Gasteiger partial charge in [-0.15, -0.1) is 11.3 Å². The largest absolute Gasteiger partial charge is 0.149 e. The highest BCUT2D eigenvalue weighted by Gasteiger charge is 2.19. The summed E-state index contributed by atoms with van der Waals surface area (Å²) < 4.78 is 2.86. The highest BCUT2D eigenvalue weighted by Crippen LogP contribution is 2.22. The zero-order valence-corrected chi connectivity index (χ0v) is 10.8. The average molecular weight is 249 g/mol. The summed E-state index contributed by atoms with van der Waals surface area (Å²) in [5.41, 5.74) is 0. The zero-order valence-electron chi connectivity index (χ0n) is 7.36. The van der Waals surface area contributed by atoms with Gasteiger partial charge in [0.05, 0.1) is 8.07 Å². The second kappa shape index (κ2) is 3.03. The molecule has 1 rings (SSSR count). The van der Waals surface area contributed by atoms with Crippen LogP contribution in [0.5, 0.6) is 0 Å². The van der Waals surface area contributed by atoms with E-state index >= 15 is 0 Å². The lowest BCUT2D eigenvalue weighted by Crippen LogP contribution is -2.34. The minimum absolute atomic E-state index is 1.06. The van der Waals surface area contributed by atoms with Gasteiger partial charge in [-0.05, 0) is 33.4 Å². The average Bonchev–Trinajstić information content (AvgIpc) is 2.11. The van der Waals surface area contributed by atoms with Crippen LogP contribution in [0.4, 0.5) is 0 Å². The number of hydrogen-bond acceptors (Lipinski definition) is 1. The quantitative estimate of drug-likeness (QED) is 0.669. The molecule has 11 heavy (non-hydrogen) atoms. The number of rotatable bonds is 1. The molecule has 0 aliphatic carbocycles. The Labute approximate surface area is 81.8 Å². The van der Waals surface area contributed by atoms with Crippen LogP contribution in [0.25, 0.3) is 0 Å². The summed E-state index contributed by atoms with van der Waals surface area (Å²) in [5.74, 6) is 0. The van der Waals surface area contributed by atoms with Crippen LogP contribution in [0.3, 0.4) is 0 Å². The summed E-state index contributed by atoms with van der Waals surface area (Å²) in [5, 5.41) is 0. The maximum atomic E-state index is 3.54. The van der Waals surface area contributed by atoms with E-state index in [9.17, 15) is 0 Å². The first-order valence-electron chi connectivity index (χ1n) is 3.67. The second-order valence-corrected chi connectivity index (χ2v) is 11.3. The molecule has 0 aliphatic heterocycles. The summed E-state index contributed by atoms with van der Waals surface area (Å²) in [6.45, 7) is 9.30. The SMILES string of the molecule is Cc1sc([Si](C)(C)C)cc1Br. The first kappa shape index (κ1) is 9.48. The first-order valence-corrected chi connectivity index (χ1v) is 8.78. The van der Waals surface area contributed by atoms with Gasteiger partial charge in [0.1, 0.15) is 0 Å². The Kier molecular flexibility index (Phi) is 2.62. The molecule has 0 N–H and O–H groups in total. The second-order valence-electron chi connectivity index (χ2n) is 3.76. The molecule has 0 fully saturated rings. The van der Waals surface area contributed by atoms with Crippen LogP contribution in [0, 0.1) is 6.92 Å². The Morgan fingerprint density at radius 3 is 2.09 bits per heavy atom. The Morgan fingerprint density at radius 1 is 1.36 bits per heavy atom. The maximum absolute atomic E-state index is 3.54. The van der Waals surface area contributed by atoms with Crippen molar-refractivity contribution >= 4 is 39.8 Å². The van der Waals surface area contributed by atoms with E-state index in [-0.39, 0.29) is 0 Å². The van der Waals surface area contributed by atoms with Crippen LogP contribution in [-0.2, 0) is 0 Å². The molecule has 0 bridgehead atoms. The van der Waals surface area contributed by atoms with Gasteiger partial charge >= 0.3 is 0 Å². The lowest BCUT2D eigenvalue weighted by molar-refractivity contribution is 1.59. The Balaban J connectivity index is 3.08. The Bertz CT molecular complexity index is 240. The molecule has 0 saturated carbocycles. The molecule has 1 heterocycles. The van der Waals surface area contributed by atoms with E-state index in [4.69, 9.17) is 0 Å². The predicted molar refractivity (Wildman–Crippen MR) is 59.7 cm³/mol. The van der Waals surface area contributed by atoms with E-state index in [0.29, 0.717) is 0 Å². The molecule has 0 unspecified atom stereocenters. The molecule has 0 aromatic carbocycles. The van der Waals surface area contributed by atoms with Gasteiger partial charge in [-0.3, -0.25) is 0 Å². The maximum Gasteiger partial charge on any atom is 0.0904 e. The third kappa shape index (κ3) is 2.17. The van der Waals surface area contributed by atoms with Crippen LogP contribution in [-0.4, -0.2) is 8.07 Å². The monoisotopic (exact) mass is 248 g/mol. The molecule has 0 radical (unpaired) electrons. The van der Waals surface area contributed by atoms with Crippen molar-refractivity contribution in [3.05, 3.63) is 15.4 Å². The van der Waals surface area contributed by atoms with Gasteiger partial charge in [0.25, 0.3) is 0 Å². The van der Waals surface area contributed by atoms with Crippen molar-refractivity contribution < 1.29 is 0 Å². The molecule has 1 aromatic heterocycles. The van der Waals surface area contributed by atoms with Gasteiger partial charge < -0.3 is 0 Å². The molecule has 0 nitrogen and oxygen atoms in total. The van der Waals surface area contributed by atoms with Crippen molar-refractivity contribution in [2.45, 2.75) is 26.6 Å². The Morgan fingerprint density at radius 2 is 1.91 bits per heavy atom. The number of hydrogen-bond donors (Lipinski definition) is 0. The van der Waals surface area contributed by atoms with Crippen molar-refractivity contribution in [1.82, 2.24) is 0 Å². The molecule has 0 aliphatic rings. The fraction of sp³-hybridized carbons (Fsp3) is 0.500. The molecular formula is C8H13BrSSi.